The number of hydrogen-bond acceptors (Lipinski definition) is 13. The maximum atomic E-state index is 14.1. The number of nitro groups is 1. The molecule has 0 radical (unpaired) electrons. The van der Waals surface area contributed by atoms with Crippen molar-refractivity contribution in [3.05, 3.63) is 62.1 Å². The van der Waals surface area contributed by atoms with E-state index in [0.717, 1.165) is 0 Å². The Morgan fingerprint density at radius 1 is 1.21 bits per heavy atom. The number of amides is 1. The van der Waals surface area contributed by atoms with E-state index < -0.39 is 74.6 Å². The van der Waals surface area contributed by atoms with E-state index in [4.69, 9.17) is 10.2 Å². The minimum Gasteiger partial charge on any atom is -0.508 e. The van der Waals surface area contributed by atoms with E-state index in [9.17, 15) is 44.9 Å². The van der Waals surface area contributed by atoms with Crippen molar-refractivity contribution in [3.63, 3.8) is 0 Å². The number of likely N-dealkylation sites (N-methyl/N-ethyl adjacent to an activating group) is 1. The van der Waals surface area contributed by atoms with Gasteiger partial charge >= 0.3 is 5.88 Å². The molecule has 0 saturated heterocycles. The van der Waals surface area contributed by atoms with E-state index in [1.807, 2.05) is 0 Å². The number of furan rings is 1. The van der Waals surface area contributed by atoms with E-state index in [-0.39, 0.29) is 42.0 Å². The van der Waals surface area contributed by atoms with Gasteiger partial charge in [-0.3, -0.25) is 29.4 Å². The molecule has 3 aliphatic rings. The van der Waals surface area contributed by atoms with Gasteiger partial charge in [-0.15, -0.1) is 0 Å². The van der Waals surface area contributed by atoms with Crippen LogP contribution in [0.1, 0.15) is 23.3 Å². The van der Waals surface area contributed by atoms with Crippen LogP contribution in [0, 0.1) is 22.0 Å². The summed E-state index contributed by atoms with van der Waals surface area (Å²) in [6.07, 6.45) is 0.0942. The van der Waals surface area contributed by atoms with Crippen LogP contribution >= 0.6 is 0 Å². The SMILES string of the molecule is CN(C)c1cc(NCc2ccc([N+](=O)[O-])o2)c(O)c2c1C[C@H]1C[C@@H]3[C@H](N(C)C)C(=O)C(C(N)=O)=C(O)[C@@]3(O)C(=O)C1=C2O. The number of hydrogen-bond donors (Lipinski definition) is 6. The Morgan fingerprint density at radius 3 is 2.44 bits per heavy atom. The molecule has 1 amide bonds. The van der Waals surface area contributed by atoms with Gasteiger partial charge in [0.25, 0.3) is 5.91 Å². The van der Waals surface area contributed by atoms with Gasteiger partial charge in [0.05, 0.1) is 29.9 Å². The lowest BCUT2D eigenvalue weighted by atomic mass is 9.57. The standard InChI is InChI=1S/C28H31N5O10/c1-31(2)16-9-15(30-10-12-5-6-17(43-12)33(41)42)22(34)19-13(16)7-11-8-14-21(32(3)4)24(36)20(27(29)39)26(38)28(14,40)25(37)18(11)23(19)35/h5-6,9,11,14,21,30,34-35,38,40H,7-8,10H2,1-4H3,(H2,29,39)/t11-,14+,21-,28-/m0/s1. The smallest absolute Gasteiger partial charge is 0.433 e. The van der Waals surface area contributed by atoms with Crippen molar-refractivity contribution in [2.45, 2.75) is 31.0 Å². The number of Topliss-reactive ketones (excluding diaryl/α,β-unsaturated/α-hetero) is 2. The summed E-state index contributed by atoms with van der Waals surface area (Å²) in [6, 6.07) is 3.02. The second-order valence-corrected chi connectivity index (χ2v) is 11.4. The van der Waals surface area contributed by atoms with Crippen molar-refractivity contribution >= 4 is 40.5 Å². The van der Waals surface area contributed by atoms with Gasteiger partial charge in [-0.05, 0) is 50.6 Å². The number of nitrogens with two attached hydrogens (primary N) is 1. The molecular formula is C28H31N5O10. The molecule has 5 rings (SSSR count). The minimum atomic E-state index is -2.74. The lowest BCUT2D eigenvalue weighted by molar-refractivity contribution is -0.402. The normalized spacial score (nSPS) is 24.9. The molecule has 15 nitrogen and oxygen atoms in total. The van der Waals surface area contributed by atoms with Gasteiger partial charge in [0.15, 0.2) is 11.4 Å². The number of aliphatic hydroxyl groups excluding tert-OH is 2. The van der Waals surface area contributed by atoms with Crippen LogP contribution in [-0.2, 0) is 27.3 Å². The first-order chi connectivity index (χ1) is 20.1. The predicted molar refractivity (Wildman–Crippen MR) is 151 cm³/mol. The van der Waals surface area contributed by atoms with Crippen molar-refractivity contribution in [2.75, 3.05) is 38.4 Å². The molecule has 15 heteroatoms. The van der Waals surface area contributed by atoms with E-state index in [2.05, 4.69) is 5.32 Å². The fourth-order valence-corrected chi connectivity index (χ4v) is 6.57. The summed E-state index contributed by atoms with van der Waals surface area (Å²) in [5.41, 5.74) is 2.55. The molecule has 43 heavy (non-hydrogen) atoms. The first kappa shape index (κ1) is 29.6. The van der Waals surface area contributed by atoms with Crippen molar-refractivity contribution in [1.29, 1.82) is 0 Å². The molecule has 1 heterocycles. The van der Waals surface area contributed by atoms with E-state index in [1.54, 1.807) is 25.1 Å². The highest BCUT2D eigenvalue weighted by Crippen LogP contribution is 2.54. The number of phenolic OH excluding ortho intramolecular Hbond substituents is 1. The van der Waals surface area contributed by atoms with Crippen molar-refractivity contribution in [3.8, 4) is 5.75 Å². The second-order valence-electron chi connectivity index (χ2n) is 11.4. The van der Waals surface area contributed by atoms with E-state index in [0.29, 0.717) is 11.3 Å². The maximum Gasteiger partial charge on any atom is 0.433 e. The summed E-state index contributed by atoms with van der Waals surface area (Å²) in [7, 11) is 6.54. The average Bonchev–Trinajstić information content (AvgIpc) is 3.39. The molecule has 2 aromatic rings. The highest BCUT2D eigenvalue weighted by molar-refractivity contribution is 6.24. The average molecular weight is 598 g/mol. The fourth-order valence-electron chi connectivity index (χ4n) is 6.57. The number of carbonyl (C=O) groups is 3. The van der Waals surface area contributed by atoms with Crippen LogP contribution in [0.2, 0.25) is 0 Å². The third-order valence-corrected chi connectivity index (χ3v) is 8.46. The van der Waals surface area contributed by atoms with Gasteiger partial charge in [0.2, 0.25) is 5.78 Å². The number of phenols is 1. The van der Waals surface area contributed by atoms with Crippen molar-refractivity contribution in [1.82, 2.24) is 4.90 Å². The largest absolute Gasteiger partial charge is 0.508 e. The lowest BCUT2D eigenvalue weighted by Crippen LogP contribution is -2.65. The summed E-state index contributed by atoms with van der Waals surface area (Å²) >= 11 is 0. The molecule has 0 aliphatic heterocycles. The maximum absolute atomic E-state index is 14.1. The molecule has 228 valence electrons. The molecular weight excluding hydrogens is 566 g/mol. The number of fused-ring (bicyclic) bond motifs is 3. The number of rotatable bonds is 7. The summed E-state index contributed by atoms with van der Waals surface area (Å²) in [6.45, 7) is -0.0676. The van der Waals surface area contributed by atoms with Crippen LogP contribution in [0.25, 0.3) is 5.76 Å². The number of anilines is 2. The number of nitrogens with zero attached hydrogens (tertiary/aromatic N) is 3. The molecule has 1 aromatic carbocycles. The monoisotopic (exact) mass is 597 g/mol. The molecule has 1 aromatic heterocycles. The highest BCUT2D eigenvalue weighted by Gasteiger charge is 2.64. The third-order valence-electron chi connectivity index (χ3n) is 8.46. The van der Waals surface area contributed by atoms with Crippen LogP contribution in [0.5, 0.6) is 5.75 Å². The van der Waals surface area contributed by atoms with Crippen LogP contribution < -0.4 is 16.0 Å². The number of aromatic hydroxyl groups is 1. The summed E-state index contributed by atoms with van der Waals surface area (Å²) in [4.78, 5) is 52.9. The summed E-state index contributed by atoms with van der Waals surface area (Å²) < 4.78 is 5.16. The third kappa shape index (κ3) is 4.30. The van der Waals surface area contributed by atoms with Crippen LogP contribution in [0.15, 0.2) is 39.5 Å². The van der Waals surface area contributed by atoms with E-state index in [1.165, 1.54) is 31.1 Å². The quantitative estimate of drug-likeness (QED) is 0.114. The van der Waals surface area contributed by atoms with Crippen LogP contribution in [-0.4, -0.2) is 87.6 Å². The first-order valence-electron chi connectivity index (χ1n) is 13.3. The van der Waals surface area contributed by atoms with Gasteiger partial charge < -0.3 is 40.8 Å². The topological polar surface area (TPSA) is 233 Å². The molecule has 0 bridgehead atoms. The number of primary amides is 1. The number of aliphatic hydroxyl groups is 3. The molecule has 1 saturated carbocycles. The Morgan fingerprint density at radius 2 is 1.88 bits per heavy atom. The highest BCUT2D eigenvalue weighted by atomic mass is 16.6. The predicted octanol–water partition coefficient (Wildman–Crippen LogP) is 1.14. The molecule has 3 aliphatic carbocycles. The zero-order valence-corrected chi connectivity index (χ0v) is 23.7. The number of carbonyl (C=O) groups excluding carboxylic acids is 3. The van der Waals surface area contributed by atoms with E-state index >= 15 is 0 Å². The Bertz CT molecular complexity index is 1650. The lowest BCUT2D eigenvalue weighted by Gasteiger charge is -2.50. The second kappa shape index (κ2) is 10.1. The minimum absolute atomic E-state index is 0.0311. The number of nitrogens with one attached hydrogen (secondary N) is 1. The summed E-state index contributed by atoms with van der Waals surface area (Å²) in [5.74, 6) is -7.64. The van der Waals surface area contributed by atoms with Gasteiger partial charge in [0.1, 0.15) is 33.5 Å². The summed E-state index contributed by atoms with van der Waals surface area (Å²) in [5, 5.41) is 59.5. The van der Waals surface area contributed by atoms with Crippen molar-refractivity contribution in [2.24, 2.45) is 17.6 Å². The first-order valence-corrected chi connectivity index (χ1v) is 13.3. The van der Waals surface area contributed by atoms with Crippen molar-refractivity contribution < 1.29 is 44.2 Å². The molecule has 0 spiro atoms. The number of ketones is 2. The molecule has 0 unspecified atom stereocenters. The van der Waals surface area contributed by atoms with Gasteiger partial charge in [-0.25, -0.2) is 0 Å². The molecule has 7 N–H and O–H groups in total. The zero-order valence-electron chi connectivity index (χ0n) is 23.7. The Balaban J connectivity index is 1.64. The Kier molecular flexibility index (Phi) is 6.97. The van der Waals surface area contributed by atoms with Gasteiger partial charge in [-0.2, -0.15) is 0 Å². The van der Waals surface area contributed by atoms with Gasteiger partial charge in [0, 0.05) is 31.3 Å². The zero-order chi connectivity index (χ0) is 31.7. The van der Waals surface area contributed by atoms with Gasteiger partial charge in [-0.1, -0.05) is 0 Å². The molecule has 4 atom stereocenters. The Hall–Kier alpha value is -4.89. The fraction of sp³-hybridized carbons (Fsp3) is 0.393. The molecule has 1 fully saturated rings. The van der Waals surface area contributed by atoms with Crippen LogP contribution in [0.4, 0.5) is 17.3 Å². The number of benzene rings is 1. The van der Waals surface area contributed by atoms with Crippen LogP contribution in [0.3, 0.4) is 0 Å². The Labute approximate surface area is 244 Å².